The topological polar surface area (TPSA) is 88.2 Å². The number of carbonyl (C=O) groups excluding carboxylic acids is 3. The lowest BCUT2D eigenvalue weighted by atomic mass is 10.1. The van der Waals surface area contributed by atoms with Gasteiger partial charge in [0.15, 0.2) is 11.5 Å². The van der Waals surface area contributed by atoms with E-state index >= 15 is 0 Å². The molecule has 3 aromatic rings. The lowest BCUT2D eigenvalue weighted by Gasteiger charge is -2.22. The van der Waals surface area contributed by atoms with Gasteiger partial charge in [0, 0.05) is 15.8 Å². The van der Waals surface area contributed by atoms with E-state index in [1.807, 2.05) is 24.3 Å². The molecule has 2 aliphatic rings. The molecule has 0 spiro atoms. The number of nitrogens with zero attached hydrogens (tertiary/aromatic N) is 2. The highest BCUT2D eigenvalue weighted by molar-refractivity contribution is 14.1. The molecule has 4 amide bonds. The molecule has 2 heterocycles. The number of nitrogens with one attached hydrogen (secondary N) is 1. The van der Waals surface area contributed by atoms with Gasteiger partial charge < -0.3 is 19.7 Å². The van der Waals surface area contributed by atoms with Crippen molar-refractivity contribution in [2.24, 2.45) is 0 Å². The van der Waals surface area contributed by atoms with Gasteiger partial charge in [0.25, 0.3) is 5.91 Å². The third kappa shape index (κ3) is 4.43. The van der Waals surface area contributed by atoms with Crippen LogP contribution in [0, 0.1) is 3.57 Å². The zero-order chi connectivity index (χ0) is 23.7. The fourth-order valence-corrected chi connectivity index (χ4v) is 4.34. The highest BCUT2D eigenvalue weighted by Crippen LogP contribution is 2.34. The van der Waals surface area contributed by atoms with Crippen molar-refractivity contribution in [2.75, 3.05) is 17.0 Å². The summed E-state index contributed by atoms with van der Waals surface area (Å²) in [4.78, 5) is 42.2. The molecule has 1 fully saturated rings. The van der Waals surface area contributed by atoms with Crippen LogP contribution in [0.4, 0.5) is 16.2 Å². The summed E-state index contributed by atoms with van der Waals surface area (Å²) in [6, 6.07) is 20.0. The van der Waals surface area contributed by atoms with E-state index in [-0.39, 0.29) is 25.7 Å². The van der Waals surface area contributed by atoms with E-state index in [1.54, 1.807) is 48.5 Å². The van der Waals surface area contributed by atoms with Gasteiger partial charge in [0.05, 0.1) is 12.1 Å². The van der Waals surface area contributed by atoms with Crippen LogP contribution >= 0.6 is 22.6 Å². The van der Waals surface area contributed by atoms with Crippen molar-refractivity contribution in [2.45, 2.75) is 19.0 Å². The van der Waals surface area contributed by atoms with Gasteiger partial charge in [-0.05, 0) is 76.7 Å². The molecule has 172 valence electrons. The predicted molar refractivity (Wildman–Crippen MR) is 134 cm³/mol. The lowest BCUT2D eigenvalue weighted by molar-refractivity contribution is -0.124. The Kier molecular flexibility index (Phi) is 6.10. The molecule has 0 aromatic heterocycles. The molecule has 2 aliphatic heterocycles. The third-order valence-corrected chi connectivity index (χ3v) is 6.35. The Bertz CT molecular complexity index is 1250. The van der Waals surface area contributed by atoms with Gasteiger partial charge in [-0.1, -0.05) is 24.3 Å². The normalized spacial score (nSPS) is 16.8. The summed E-state index contributed by atoms with van der Waals surface area (Å²) >= 11 is 2.18. The summed E-state index contributed by atoms with van der Waals surface area (Å²) in [5.41, 5.74) is 1.86. The number of urea groups is 1. The minimum atomic E-state index is -0.943. The van der Waals surface area contributed by atoms with Crippen LogP contribution in [0.2, 0.25) is 0 Å². The first kappa shape index (κ1) is 22.2. The molecule has 0 bridgehead atoms. The van der Waals surface area contributed by atoms with E-state index in [1.165, 1.54) is 4.90 Å². The van der Waals surface area contributed by atoms with Gasteiger partial charge in [-0.15, -0.1) is 0 Å². The Hall–Kier alpha value is -3.60. The van der Waals surface area contributed by atoms with E-state index in [4.69, 9.17) is 9.47 Å². The minimum Gasteiger partial charge on any atom is -0.454 e. The van der Waals surface area contributed by atoms with Crippen molar-refractivity contribution < 1.29 is 23.9 Å². The molecular formula is C25H20IN3O5. The number of amides is 4. The number of benzene rings is 3. The molecule has 34 heavy (non-hydrogen) atoms. The maximum atomic E-state index is 13.4. The first-order chi connectivity index (χ1) is 16.5. The number of anilines is 2. The molecule has 1 N–H and O–H groups in total. The van der Waals surface area contributed by atoms with Gasteiger partial charge >= 0.3 is 6.03 Å². The Labute approximate surface area is 209 Å². The number of halogens is 1. The van der Waals surface area contributed by atoms with Crippen LogP contribution in [0.25, 0.3) is 0 Å². The second-order valence-electron chi connectivity index (χ2n) is 7.88. The lowest BCUT2D eigenvalue weighted by Crippen LogP contribution is -2.37. The molecule has 9 heteroatoms. The number of hydrogen-bond donors (Lipinski definition) is 1. The first-order valence-electron chi connectivity index (χ1n) is 10.6. The highest BCUT2D eigenvalue weighted by atomic mass is 127. The quantitative estimate of drug-likeness (QED) is 0.352. The number of ether oxygens (including phenoxy) is 2. The van der Waals surface area contributed by atoms with Gasteiger partial charge in [-0.25, -0.2) is 9.69 Å². The summed E-state index contributed by atoms with van der Waals surface area (Å²) in [6.45, 7) is 0.287. The van der Waals surface area contributed by atoms with E-state index in [2.05, 4.69) is 27.9 Å². The first-order valence-corrected chi connectivity index (χ1v) is 11.7. The molecule has 5 rings (SSSR count). The molecule has 1 unspecified atom stereocenters. The molecular weight excluding hydrogens is 549 g/mol. The number of carbonyl (C=O) groups is 3. The van der Waals surface area contributed by atoms with E-state index < -0.39 is 18.0 Å². The molecule has 0 radical (unpaired) electrons. The van der Waals surface area contributed by atoms with E-state index in [0.717, 1.165) is 14.0 Å². The van der Waals surface area contributed by atoms with Gasteiger partial charge in [-0.2, -0.15) is 0 Å². The molecule has 8 nitrogen and oxygen atoms in total. The van der Waals surface area contributed by atoms with Gasteiger partial charge in [-0.3, -0.25) is 9.59 Å². The second kappa shape index (κ2) is 9.34. The maximum absolute atomic E-state index is 13.4. The molecule has 1 atom stereocenters. The zero-order valence-electron chi connectivity index (χ0n) is 17.9. The SMILES string of the molecule is O=C(CC1C(=O)N(c2ccccc2)C(=O)N1Cc1ccc2c(c1)OCO2)Nc1ccc(I)cc1. The average Bonchev–Trinajstić information content (AvgIpc) is 3.39. The Morgan fingerprint density at radius 2 is 1.71 bits per heavy atom. The standard InChI is InChI=1S/C25H20IN3O5/c26-17-7-9-18(10-8-17)27-23(30)13-20-24(31)29(19-4-2-1-3-5-19)25(32)28(20)14-16-6-11-21-22(12-16)34-15-33-21/h1-12,20H,13-15H2,(H,27,30). The summed E-state index contributed by atoms with van der Waals surface area (Å²) < 4.78 is 11.8. The molecule has 0 saturated carbocycles. The van der Waals surface area contributed by atoms with Crippen LogP contribution in [-0.2, 0) is 16.1 Å². The molecule has 1 saturated heterocycles. The summed E-state index contributed by atoms with van der Waals surface area (Å²) in [6.07, 6.45) is -0.162. The van der Waals surface area contributed by atoms with Crippen molar-refractivity contribution in [3.05, 3.63) is 81.9 Å². The van der Waals surface area contributed by atoms with Crippen molar-refractivity contribution in [1.82, 2.24) is 4.90 Å². The van der Waals surface area contributed by atoms with Crippen LogP contribution in [0.3, 0.4) is 0 Å². The largest absolute Gasteiger partial charge is 0.454 e. The Balaban J connectivity index is 1.40. The fourth-order valence-electron chi connectivity index (χ4n) is 3.99. The molecule has 0 aliphatic carbocycles. The number of para-hydroxylation sites is 1. The number of fused-ring (bicyclic) bond motifs is 1. The van der Waals surface area contributed by atoms with Crippen molar-refractivity contribution >= 4 is 51.8 Å². The van der Waals surface area contributed by atoms with Gasteiger partial charge in [0.2, 0.25) is 12.7 Å². The van der Waals surface area contributed by atoms with Crippen LogP contribution in [0.1, 0.15) is 12.0 Å². The van der Waals surface area contributed by atoms with Crippen molar-refractivity contribution in [3.63, 3.8) is 0 Å². The summed E-state index contributed by atoms with van der Waals surface area (Å²) in [7, 11) is 0. The minimum absolute atomic E-state index is 0.142. The summed E-state index contributed by atoms with van der Waals surface area (Å²) in [5, 5.41) is 2.82. The second-order valence-corrected chi connectivity index (χ2v) is 9.13. The van der Waals surface area contributed by atoms with Crippen molar-refractivity contribution in [3.8, 4) is 11.5 Å². The maximum Gasteiger partial charge on any atom is 0.332 e. The smallest absolute Gasteiger partial charge is 0.332 e. The predicted octanol–water partition coefficient (Wildman–Crippen LogP) is 4.39. The van der Waals surface area contributed by atoms with Crippen LogP contribution in [-0.4, -0.2) is 35.6 Å². The van der Waals surface area contributed by atoms with Crippen LogP contribution in [0.5, 0.6) is 11.5 Å². The zero-order valence-corrected chi connectivity index (χ0v) is 20.1. The monoisotopic (exact) mass is 569 g/mol. The van der Waals surface area contributed by atoms with Crippen molar-refractivity contribution in [1.29, 1.82) is 0 Å². The van der Waals surface area contributed by atoms with E-state index in [0.29, 0.717) is 22.9 Å². The van der Waals surface area contributed by atoms with E-state index in [9.17, 15) is 14.4 Å². The fraction of sp³-hybridized carbons (Fsp3) is 0.160. The average molecular weight is 569 g/mol. The third-order valence-electron chi connectivity index (χ3n) is 5.63. The number of imide groups is 1. The Morgan fingerprint density at radius 3 is 2.47 bits per heavy atom. The molecule has 3 aromatic carbocycles. The van der Waals surface area contributed by atoms with Gasteiger partial charge in [0.1, 0.15) is 6.04 Å². The number of hydrogen-bond acceptors (Lipinski definition) is 5. The summed E-state index contributed by atoms with van der Waals surface area (Å²) in [5.74, 6) is 0.433. The van der Waals surface area contributed by atoms with Crippen LogP contribution in [0.15, 0.2) is 72.8 Å². The highest BCUT2D eigenvalue weighted by Gasteiger charge is 2.46. The Morgan fingerprint density at radius 1 is 0.971 bits per heavy atom. The number of rotatable bonds is 6. The van der Waals surface area contributed by atoms with Crippen LogP contribution < -0.4 is 19.7 Å².